The first-order chi connectivity index (χ1) is 13.5. The maximum absolute atomic E-state index is 12.1. The van der Waals surface area contributed by atoms with Crippen molar-refractivity contribution >= 4 is 23.2 Å². The van der Waals surface area contributed by atoms with Crippen LogP contribution in [0.2, 0.25) is 0 Å². The van der Waals surface area contributed by atoms with Crippen LogP contribution in [0.3, 0.4) is 0 Å². The number of amides is 2. The van der Waals surface area contributed by atoms with Crippen molar-refractivity contribution in [2.24, 2.45) is 0 Å². The molecule has 2 aromatic rings. The number of nitrogens with one attached hydrogen (secondary N) is 2. The molecule has 6 nitrogen and oxygen atoms in total. The van der Waals surface area contributed by atoms with Crippen molar-refractivity contribution in [3.63, 3.8) is 0 Å². The number of nitrogens with zero attached hydrogens (tertiary/aromatic N) is 1. The number of carbonyl (C=O) groups excluding carboxylic acids is 2. The van der Waals surface area contributed by atoms with Crippen molar-refractivity contribution in [1.82, 2.24) is 4.90 Å². The Bertz CT molecular complexity index is 756. The molecule has 0 fully saturated rings. The van der Waals surface area contributed by atoms with Crippen LogP contribution in [0, 0.1) is 0 Å². The van der Waals surface area contributed by atoms with E-state index in [1.54, 1.807) is 19.0 Å². The van der Waals surface area contributed by atoms with Crippen LogP contribution < -0.4 is 15.4 Å². The SMILES string of the molecule is CCCOc1ccc(NC(=O)CNc2ccc(CCC(=O)N(C)C)cc2)cc1. The number of aryl methyl sites for hydroxylation is 1. The summed E-state index contributed by atoms with van der Waals surface area (Å²) in [7, 11) is 3.52. The van der Waals surface area contributed by atoms with Crippen molar-refractivity contribution in [2.45, 2.75) is 26.2 Å². The van der Waals surface area contributed by atoms with Gasteiger partial charge in [0.25, 0.3) is 0 Å². The van der Waals surface area contributed by atoms with Crippen molar-refractivity contribution in [1.29, 1.82) is 0 Å². The first kappa shape index (κ1) is 21.3. The van der Waals surface area contributed by atoms with E-state index in [-0.39, 0.29) is 18.4 Å². The van der Waals surface area contributed by atoms with Crippen LogP contribution in [0.4, 0.5) is 11.4 Å². The molecule has 0 unspecified atom stereocenters. The van der Waals surface area contributed by atoms with Crippen LogP contribution in [0.5, 0.6) is 5.75 Å². The molecule has 2 amide bonds. The lowest BCUT2D eigenvalue weighted by molar-refractivity contribution is -0.128. The minimum Gasteiger partial charge on any atom is -0.494 e. The molecular weight excluding hydrogens is 354 g/mol. The standard InChI is InChI=1S/C22H29N3O3/c1-4-15-28-20-12-10-19(11-13-20)24-21(26)16-23-18-8-5-17(6-9-18)7-14-22(27)25(2)3/h5-6,8-13,23H,4,7,14-16H2,1-3H3,(H,24,26). The lowest BCUT2D eigenvalue weighted by atomic mass is 10.1. The lowest BCUT2D eigenvalue weighted by Crippen LogP contribution is -2.22. The third-order valence-corrected chi connectivity index (χ3v) is 4.14. The number of anilines is 2. The molecule has 2 aromatic carbocycles. The van der Waals surface area contributed by atoms with E-state index in [0.717, 1.165) is 29.1 Å². The molecule has 6 heteroatoms. The molecular formula is C22H29N3O3. The second kappa shape index (κ2) is 11.0. The Morgan fingerprint density at radius 3 is 2.21 bits per heavy atom. The zero-order chi connectivity index (χ0) is 20.4. The predicted octanol–water partition coefficient (Wildman–Crippen LogP) is 3.55. The second-order valence-corrected chi connectivity index (χ2v) is 6.76. The first-order valence-electron chi connectivity index (χ1n) is 9.53. The molecule has 0 aliphatic carbocycles. The summed E-state index contributed by atoms with van der Waals surface area (Å²) in [5.41, 5.74) is 2.69. The van der Waals surface area contributed by atoms with E-state index < -0.39 is 0 Å². The fraction of sp³-hybridized carbons (Fsp3) is 0.364. The zero-order valence-corrected chi connectivity index (χ0v) is 16.8. The van der Waals surface area contributed by atoms with Crippen molar-refractivity contribution in [2.75, 3.05) is 37.9 Å². The van der Waals surface area contributed by atoms with Gasteiger partial charge in [-0.2, -0.15) is 0 Å². The minimum absolute atomic E-state index is 0.115. The number of benzene rings is 2. The summed E-state index contributed by atoms with van der Waals surface area (Å²) in [6.07, 6.45) is 2.15. The van der Waals surface area contributed by atoms with Crippen molar-refractivity contribution < 1.29 is 14.3 Å². The quantitative estimate of drug-likeness (QED) is 0.658. The zero-order valence-electron chi connectivity index (χ0n) is 16.8. The number of carbonyl (C=O) groups is 2. The van der Waals surface area contributed by atoms with E-state index in [9.17, 15) is 9.59 Å². The van der Waals surface area contributed by atoms with Crippen LogP contribution >= 0.6 is 0 Å². The second-order valence-electron chi connectivity index (χ2n) is 6.76. The molecule has 0 saturated carbocycles. The summed E-state index contributed by atoms with van der Waals surface area (Å²) in [6.45, 7) is 2.91. The van der Waals surface area contributed by atoms with Gasteiger partial charge in [0.1, 0.15) is 5.75 Å². The van der Waals surface area contributed by atoms with Gasteiger partial charge in [-0.05, 0) is 54.8 Å². The summed E-state index contributed by atoms with van der Waals surface area (Å²) >= 11 is 0. The van der Waals surface area contributed by atoms with Gasteiger partial charge in [-0.15, -0.1) is 0 Å². The predicted molar refractivity (Wildman–Crippen MR) is 113 cm³/mol. The average molecular weight is 383 g/mol. The summed E-state index contributed by atoms with van der Waals surface area (Å²) < 4.78 is 5.53. The molecule has 0 atom stereocenters. The monoisotopic (exact) mass is 383 g/mol. The molecule has 2 rings (SSSR count). The van der Waals surface area contributed by atoms with Crippen molar-refractivity contribution in [3.8, 4) is 5.75 Å². The Balaban J connectivity index is 1.75. The summed E-state index contributed by atoms with van der Waals surface area (Å²) in [5.74, 6) is 0.789. The number of ether oxygens (including phenoxy) is 1. The average Bonchev–Trinajstić information content (AvgIpc) is 2.70. The normalized spacial score (nSPS) is 10.2. The van der Waals surface area contributed by atoms with Crippen LogP contribution in [0.15, 0.2) is 48.5 Å². The number of rotatable bonds is 10. The van der Waals surface area contributed by atoms with E-state index in [4.69, 9.17) is 4.74 Å². The van der Waals surface area contributed by atoms with Gasteiger partial charge in [-0.25, -0.2) is 0 Å². The summed E-state index contributed by atoms with van der Waals surface area (Å²) in [4.78, 5) is 25.3. The van der Waals surface area contributed by atoms with Crippen LogP contribution in [0.25, 0.3) is 0 Å². The smallest absolute Gasteiger partial charge is 0.243 e. The fourth-order valence-corrected chi connectivity index (χ4v) is 2.51. The Hall–Kier alpha value is -3.02. The number of hydrogen-bond acceptors (Lipinski definition) is 4. The van der Waals surface area contributed by atoms with Gasteiger partial charge in [0.15, 0.2) is 0 Å². The van der Waals surface area contributed by atoms with E-state index >= 15 is 0 Å². The largest absolute Gasteiger partial charge is 0.494 e. The molecule has 0 radical (unpaired) electrons. The Kier molecular flexibility index (Phi) is 8.34. The van der Waals surface area contributed by atoms with Gasteiger partial charge in [0.2, 0.25) is 11.8 Å². The van der Waals surface area contributed by atoms with Gasteiger partial charge in [-0.3, -0.25) is 9.59 Å². The molecule has 0 spiro atoms. The highest BCUT2D eigenvalue weighted by Crippen LogP contribution is 2.16. The van der Waals surface area contributed by atoms with Gasteiger partial charge in [0, 0.05) is 31.9 Å². The molecule has 150 valence electrons. The van der Waals surface area contributed by atoms with Crippen LogP contribution in [0.1, 0.15) is 25.3 Å². The molecule has 28 heavy (non-hydrogen) atoms. The molecule has 0 aromatic heterocycles. The van der Waals surface area contributed by atoms with Gasteiger partial charge in [-0.1, -0.05) is 19.1 Å². The Labute approximate surface area is 166 Å². The van der Waals surface area contributed by atoms with Crippen LogP contribution in [-0.4, -0.2) is 44.0 Å². The molecule has 0 saturated heterocycles. The molecule has 0 heterocycles. The van der Waals surface area contributed by atoms with E-state index in [1.165, 1.54) is 0 Å². The Morgan fingerprint density at radius 1 is 0.964 bits per heavy atom. The third kappa shape index (κ3) is 7.31. The maximum Gasteiger partial charge on any atom is 0.243 e. The summed E-state index contributed by atoms with van der Waals surface area (Å²) in [5, 5.41) is 5.95. The van der Waals surface area contributed by atoms with E-state index in [1.807, 2.05) is 48.5 Å². The number of hydrogen-bond donors (Lipinski definition) is 2. The van der Waals surface area contributed by atoms with E-state index in [2.05, 4.69) is 17.6 Å². The van der Waals surface area contributed by atoms with Crippen LogP contribution in [-0.2, 0) is 16.0 Å². The molecule has 0 aliphatic heterocycles. The molecule has 2 N–H and O–H groups in total. The van der Waals surface area contributed by atoms with Crippen molar-refractivity contribution in [3.05, 3.63) is 54.1 Å². The van der Waals surface area contributed by atoms with Gasteiger partial charge >= 0.3 is 0 Å². The fourth-order valence-electron chi connectivity index (χ4n) is 2.51. The molecule has 0 aliphatic rings. The third-order valence-electron chi connectivity index (χ3n) is 4.14. The minimum atomic E-state index is -0.122. The van der Waals surface area contributed by atoms with Gasteiger partial charge < -0.3 is 20.3 Å². The summed E-state index contributed by atoms with van der Waals surface area (Å²) in [6, 6.07) is 15.1. The first-order valence-corrected chi connectivity index (χ1v) is 9.53. The Morgan fingerprint density at radius 2 is 1.61 bits per heavy atom. The van der Waals surface area contributed by atoms with E-state index in [0.29, 0.717) is 19.4 Å². The molecule has 0 bridgehead atoms. The topological polar surface area (TPSA) is 70.7 Å². The van der Waals surface area contributed by atoms with Gasteiger partial charge in [0.05, 0.1) is 13.2 Å². The highest BCUT2D eigenvalue weighted by molar-refractivity contribution is 5.93. The maximum atomic E-state index is 12.1. The lowest BCUT2D eigenvalue weighted by Gasteiger charge is -2.11. The highest BCUT2D eigenvalue weighted by atomic mass is 16.5. The highest BCUT2D eigenvalue weighted by Gasteiger charge is 2.05.